The topological polar surface area (TPSA) is 41.1 Å². The van der Waals surface area contributed by atoms with Gasteiger partial charge >= 0.3 is 0 Å². The Hall–Kier alpha value is -1.13. The van der Waals surface area contributed by atoms with Crippen molar-refractivity contribution in [2.45, 2.75) is 71.4 Å². The van der Waals surface area contributed by atoms with Crippen LogP contribution in [0.5, 0.6) is 0 Å². The first kappa shape index (κ1) is 20.2. The second-order valence-electron chi connectivity index (χ2n) is 8.34. The first-order valence-electron chi connectivity index (χ1n) is 9.19. The highest BCUT2D eigenvalue weighted by molar-refractivity contribution is 6.30. The predicted octanol–water partition coefficient (Wildman–Crippen LogP) is 4.47. The Balaban J connectivity index is 1.69. The van der Waals surface area contributed by atoms with E-state index in [9.17, 15) is 9.18 Å². The van der Waals surface area contributed by atoms with E-state index in [1.165, 1.54) is 18.6 Å². The van der Waals surface area contributed by atoms with Crippen LogP contribution in [0.1, 0.15) is 58.4 Å². The van der Waals surface area contributed by atoms with E-state index in [1.54, 1.807) is 6.07 Å². The molecule has 2 N–H and O–H groups in total. The average molecular weight is 369 g/mol. The van der Waals surface area contributed by atoms with Gasteiger partial charge < -0.3 is 10.6 Å². The maximum Gasteiger partial charge on any atom is 0.224 e. The highest BCUT2D eigenvalue weighted by Crippen LogP contribution is 2.21. The van der Waals surface area contributed by atoms with Crippen LogP contribution in [-0.2, 0) is 11.2 Å². The fourth-order valence-electron chi connectivity index (χ4n) is 3.27. The zero-order valence-electron chi connectivity index (χ0n) is 15.5. The lowest BCUT2D eigenvalue weighted by Crippen LogP contribution is -2.43. The molecule has 0 radical (unpaired) electrons. The van der Waals surface area contributed by atoms with Crippen molar-refractivity contribution < 1.29 is 9.18 Å². The van der Waals surface area contributed by atoms with Gasteiger partial charge in [0.15, 0.2) is 0 Å². The predicted molar refractivity (Wildman–Crippen MR) is 101 cm³/mol. The van der Waals surface area contributed by atoms with E-state index in [-0.39, 0.29) is 18.4 Å². The summed E-state index contributed by atoms with van der Waals surface area (Å²) in [6.45, 7) is 7.82. The summed E-state index contributed by atoms with van der Waals surface area (Å²) in [5, 5.41) is 7.03. The van der Waals surface area contributed by atoms with Crippen LogP contribution in [0.3, 0.4) is 0 Å². The molecule has 1 aromatic carbocycles. The van der Waals surface area contributed by atoms with Crippen molar-refractivity contribution in [2.75, 3.05) is 6.54 Å². The summed E-state index contributed by atoms with van der Waals surface area (Å²) in [4.78, 5) is 12.2. The van der Waals surface area contributed by atoms with E-state index < -0.39 is 5.82 Å². The van der Waals surface area contributed by atoms with Crippen LogP contribution in [0.15, 0.2) is 18.2 Å². The summed E-state index contributed by atoms with van der Waals surface area (Å²) in [6, 6.07) is 5.02. The van der Waals surface area contributed by atoms with Crippen LogP contribution < -0.4 is 10.6 Å². The van der Waals surface area contributed by atoms with E-state index in [4.69, 9.17) is 11.6 Å². The highest BCUT2D eigenvalue weighted by Gasteiger charge is 2.22. The molecule has 140 valence electrons. The van der Waals surface area contributed by atoms with Gasteiger partial charge in [-0.15, -0.1) is 0 Å². The number of benzene rings is 1. The lowest BCUT2D eigenvalue weighted by molar-refractivity contribution is -0.121. The van der Waals surface area contributed by atoms with E-state index in [1.807, 2.05) is 0 Å². The van der Waals surface area contributed by atoms with Crippen LogP contribution in [0, 0.1) is 11.2 Å². The number of carbonyl (C=O) groups excluding carboxylic acids is 1. The molecule has 1 saturated carbocycles. The molecule has 0 atom stereocenters. The van der Waals surface area contributed by atoms with Crippen molar-refractivity contribution in [3.63, 3.8) is 0 Å². The largest absolute Gasteiger partial charge is 0.353 e. The Kier molecular flexibility index (Phi) is 7.26. The van der Waals surface area contributed by atoms with Gasteiger partial charge in [-0.05, 0) is 67.8 Å². The lowest BCUT2D eigenvalue weighted by Gasteiger charge is -2.30. The monoisotopic (exact) mass is 368 g/mol. The zero-order chi connectivity index (χ0) is 18.4. The minimum atomic E-state index is -0.405. The SMILES string of the molecule is CC(C)(C)CCN[C@H]1CC[C@H](NC(=O)Cc2cc(F)cc(Cl)c2)CC1. The first-order chi connectivity index (χ1) is 11.7. The van der Waals surface area contributed by atoms with Crippen molar-refractivity contribution in [1.29, 1.82) is 0 Å². The van der Waals surface area contributed by atoms with E-state index in [0.717, 1.165) is 32.2 Å². The molecule has 0 heterocycles. The summed E-state index contributed by atoms with van der Waals surface area (Å²) in [5.74, 6) is -0.469. The molecule has 5 heteroatoms. The maximum atomic E-state index is 13.3. The third kappa shape index (κ3) is 7.74. The summed E-state index contributed by atoms with van der Waals surface area (Å²) in [7, 11) is 0. The second kappa shape index (κ2) is 9.00. The van der Waals surface area contributed by atoms with Crippen molar-refractivity contribution >= 4 is 17.5 Å². The summed E-state index contributed by atoms with van der Waals surface area (Å²) in [5.41, 5.74) is 0.970. The van der Waals surface area contributed by atoms with Crippen LogP contribution in [-0.4, -0.2) is 24.5 Å². The zero-order valence-corrected chi connectivity index (χ0v) is 16.3. The summed E-state index contributed by atoms with van der Waals surface area (Å²) >= 11 is 5.83. The molecule has 1 aromatic rings. The molecule has 1 aliphatic carbocycles. The molecule has 0 aliphatic heterocycles. The number of carbonyl (C=O) groups is 1. The molecule has 0 spiro atoms. The quantitative estimate of drug-likeness (QED) is 0.777. The van der Waals surface area contributed by atoms with Crippen LogP contribution in [0.4, 0.5) is 4.39 Å². The van der Waals surface area contributed by atoms with Crippen molar-refractivity contribution in [3.8, 4) is 0 Å². The molecule has 25 heavy (non-hydrogen) atoms. The molecule has 2 rings (SSSR count). The van der Waals surface area contributed by atoms with Gasteiger partial charge in [-0.1, -0.05) is 32.4 Å². The molecule has 1 aliphatic rings. The van der Waals surface area contributed by atoms with Gasteiger partial charge in [-0.3, -0.25) is 4.79 Å². The fourth-order valence-corrected chi connectivity index (χ4v) is 3.51. The van der Waals surface area contributed by atoms with Crippen molar-refractivity contribution in [3.05, 3.63) is 34.6 Å². The number of halogens is 2. The van der Waals surface area contributed by atoms with Crippen molar-refractivity contribution in [1.82, 2.24) is 10.6 Å². The Bertz CT molecular complexity index is 557. The van der Waals surface area contributed by atoms with Crippen LogP contribution >= 0.6 is 11.6 Å². The van der Waals surface area contributed by atoms with E-state index in [0.29, 0.717) is 22.0 Å². The third-order valence-corrected chi connectivity index (χ3v) is 4.91. The molecule has 1 fully saturated rings. The number of hydrogen-bond acceptors (Lipinski definition) is 2. The molecule has 0 bridgehead atoms. The number of nitrogens with one attached hydrogen (secondary N) is 2. The molecular formula is C20H30ClFN2O. The minimum Gasteiger partial charge on any atom is -0.353 e. The van der Waals surface area contributed by atoms with Gasteiger partial charge in [-0.2, -0.15) is 0 Å². The lowest BCUT2D eigenvalue weighted by atomic mass is 9.89. The van der Waals surface area contributed by atoms with Crippen LogP contribution in [0.2, 0.25) is 5.02 Å². The highest BCUT2D eigenvalue weighted by atomic mass is 35.5. The third-order valence-electron chi connectivity index (χ3n) is 4.69. The van der Waals surface area contributed by atoms with Gasteiger partial charge in [0.2, 0.25) is 5.91 Å². The fraction of sp³-hybridized carbons (Fsp3) is 0.650. The van der Waals surface area contributed by atoms with Crippen LogP contribution in [0.25, 0.3) is 0 Å². The molecule has 0 unspecified atom stereocenters. The van der Waals surface area contributed by atoms with Gasteiger partial charge in [0.05, 0.1) is 6.42 Å². The van der Waals surface area contributed by atoms with Gasteiger partial charge in [0.25, 0.3) is 0 Å². The second-order valence-corrected chi connectivity index (χ2v) is 8.77. The van der Waals surface area contributed by atoms with E-state index >= 15 is 0 Å². The number of rotatable bonds is 6. The molecule has 3 nitrogen and oxygen atoms in total. The molecule has 1 amide bonds. The summed E-state index contributed by atoms with van der Waals surface area (Å²) in [6.07, 6.45) is 5.48. The normalized spacial score (nSPS) is 21.2. The summed E-state index contributed by atoms with van der Waals surface area (Å²) < 4.78 is 13.3. The Morgan fingerprint density at radius 1 is 1.16 bits per heavy atom. The Morgan fingerprint density at radius 2 is 1.80 bits per heavy atom. The minimum absolute atomic E-state index is 0.0641. The smallest absolute Gasteiger partial charge is 0.224 e. The number of hydrogen-bond donors (Lipinski definition) is 2. The Morgan fingerprint density at radius 3 is 2.40 bits per heavy atom. The van der Waals surface area contributed by atoms with E-state index in [2.05, 4.69) is 31.4 Å². The number of amides is 1. The first-order valence-corrected chi connectivity index (χ1v) is 9.57. The molecular weight excluding hydrogens is 339 g/mol. The standard InChI is InChI=1S/C20H30ClFN2O/c1-20(2,3)8-9-23-17-4-6-18(7-5-17)24-19(25)12-14-10-15(21)13-16(22)11-14/h10-11,13,17-18,23H,4-9,12H2,1-3H3,(H,24,25)/t17-,18-. The molecule has 0 aromatic heterocycles. The van der Waals surface area contributed by atoms with Gasteiger partial charge in [0.1, 0.15) is 5.82 Å². The Labute approximate surface area is 155 Å². The van der Waals surface area contributed by atoms with Crippen molar-refractivity contribution in [2.24, 2.45) is 5.41 Å². The van der Waals surface area contributed by atoms with Gasteiger partial charge in [0, 0.05) is 17.1 Å². The average Bonchev–Trinajstić information content (AvgIpc) is 2.46. The van der Waals surface area contributed by atoms with Gasteiger partial charge in [-0.25, -0.2) is 4.39 Å². The molecule has 0 saturated heterocycles. The maximum absolute atomic E-state index is 13.3.